The second-order valence-electron chi connectivity index (χ2n) is 12.9. The molecule has 2 aromatic carbocycles. The van der Waals surface area contributed by atoms with Gasteiger partial charge in [-0.05, 0) is 55.3 Å². The van der Waals surface area contributed by atoms with E-state index in [0.717, 1.165) is 4.57 Å². The zero-order valence-electron chi connectivity index (χ0n) is 30.8. The fraction of sp³-hybridized carbons (Fsp3) is 0.211. The van der Waals surface area contributed by atoms with E-state index in [1.54, 1.807) is 26.2 Å². The first-order valence-corrected chi connectivity index (χ1v) is 18.6. The lowest BCUT2D eigenvalue weighted by Crippen LogP contribution is -2.44. The minimum absolute atomic E-state index is 0.0157. The van der Waals surface area contributed by atoms with Crippen LogP contribution in [0.2, 0.25) is 0 Å². The van der Waals surface area contributed by atoms with E-state index >= 15 is 8.78 Å². The van der Waals surface area contributed by atoms with Gasteiger partial charge in [-0.2, -0.15) is 0 Å². The van der Waals surface area contributed by atoms with Crippen molar-refractivity contribution in [1.82, 2.24) is 34.4 Å². The van der Waals surface area contributed by atoms with Crippen LogP contribution in [0.25, 0.3) is 27.8 Å². The van der Waals surface area contributed by atoms with Crippen molar-refractivity contribution in [3.63, 3.8) is 0 Å². The summed E-state index contributed by atoms with van der Waals surface area (Å²) in [5.41, 5.74) is -1.02. The number of ether oxygens (including phenoxy) is 2. The molecule has 2 N–H and O–H groups in total. The molecule has 0 aliphatic carbocycles. The predicted octanol–water partition coefficient (Wildman–Crippen LogP) is 3.45. The van der Waals surface area contributed by atoms with Crippen LogP contribution in [0.5, 0.6) is 0 Å². The van der Waals surface area contributed by atoms with E-state index < -0.39 is 68.2 Å². The zero-order valence-corrected chi connectivity index (χ0v) is 31.6. The highest BCUT2D eigenvalue weighted by atomic mass is 32.2. The number of aromatic nitrogens is 6. The molecule has 0 aliphatic heterocycles. The second kappa shape index (κ2) is 16.6. The molecule has 0 aliphatic rings. The number of nitrogens with zero attached hydrogens (tertiary/aromatic N) is 6. The van der Waals surface area contributed by atoms with Crippen LogP contribution in [0.1, 0.15) is 35.6 Å². The Hall–Kier alpha value is -6.73. The molecule has 57 heavy (non-hydrogen) atoms. The number of aryl methyl sites for hydroxylation is 1. The number of carbonyl (C=O) groups is 2. The van der Waals surface area contributed by atoms with Crippen LogP contribution < -0.4 is 21.3 Å². The van der Waals surface area contributed by atoms with Crippen molar-refractivity contribution < 1.29 is 36.3 Å². The number of hydrogen-bond acceptors (Lipinski definition) is 12. The van der Waals surface area contributed by atoms with Crippen LogP contribution in [0, 0.1) is 11.6 Å². The molecule has 0 fully saturated rings. The minimum atomic E-state index is -4.42. The molecule has 16 nitrogen and oxygen atoms in total. The zero-order chi connectivity index (χ0) is 41.0. The molecule has 0 saturated heterocycles. The van der Waals surface area contributed by atoms with E-state index in [2.05, 4.69) is 25.3 Å². The molecule has 0 bridgehead atoms. The van der Waals surface area contributed by atoms with E-state index in [9.17, 15) is 27.6 Å². The SMILES string of the molecule is COCc1ncc(-c2ccc(S(=O)(=O)Nc3cc(F)c(C(=O)N[C@@H](Cc4ccc(-n5c(=O)c6ccncc6n(C)c5=O)nc4)C(=O)OC(C)C)cc3F)cc2)cn1. The smallest absolute Gasteiger partial charge is 0.337 e. The van der Waals surface area contributed by atoms with E-state index in [4.69, 9.17) is 9.47 Å². The summed E-state index contributed by atoms with van der Waals surface area (Å²) in [7, 11) is -1.44. The van der Waals surface area contributed by atoms with Crippen LogP contribution in [0.4, 0.5) is 14.5 Å². The molecule has 0 saturated carbocycles. The third kappa shape index (κ3) is 8.73. The summed E-state index contributed by atoms with van der Waals surface area (Å²) in [6.07, 6.45) is 6.33. The van der Waals surface area contributed by atoms with E-state index in [1.807, 2.05) is 4.72 Å². The van der Waals surface area contributed by atoms with Crippen molar-refractivity contribution in [3.05, 3.63) is 135 Å². The Morgan fingerprint density at radius 1 is 0.895 bits per heavy atom. The number of esters is 1. The van der Waals surface area contributed by atoms with Crippen LogP contribution in [0.15, 0.2) is 100 Å². The summed E-state index contributed by atoms with van der Waals surface area (Å²) >= 11 is 0. The lowest BCUT2D eigenvalue weighted by atomic mass is 10.1. The summed E-state index contributed by atoms with van der Waals surface area (Å²) in [4.78, 5) is 68.9. The van der Waals surface area contributed by atoms with Gasteiger partial charge in [0.15, 0.2) is 5.82 Å². The number of fused-ring (bicyclic) bond motifs is 1. The molecular weight excluding hydrogens is 767 g/mol. The summed E-state index contributed by atoms with van der Waals surface area (Å²) in [5.74, 6) is -4.23. The molecule has 6 rings (SSSR count). The first-order valence-electron chi connectivity index (χ1n) is 17.1. The summed E-state index contributed by atoms with van der Waals surface area (Å²) in [6, 6.07) is 9.39. The van der Waals surface area contributed by atoms with Gasteiger partial charge in [0.05, 0.1) is 39.4 Å². The summed E-state index contributed by atoms with van der Waals surface area (Å²) in [6.45, 7) is 3.37. The molecular formula is C38H34F2N8O8S. The molecule has 4 heterocycles. The third-order valence-corrected chi connectivity index (χ3v) is 9.90. The van der Waals surface area contributed by atoms with Gasteiger partial charge in [0.1, 0.15) is 30.1 Å². The fourth-order valence-corrected chi connectivity index (χ4v) is 6.74. The van der Waals surface area contributed by atoms with Crippen LogP contribution in [-0.2, 0) is 44.4 Å². The first-order chi connectivity index (χ1) is 27.2. The van der Waals surface area contributed by atoms with Crippen molar-refractivity contribution in [2.45, 2.75) is 43.9 Å². The Bertz CT molecular complexity index is 2710. The van der Waals surface area contributed by atoms with Crippen LogP contribution in [0.3, 0.4) is 0 Å². The number of sulfonamides is 1. The first kappa shape index (κ1) is 39.9. The average molecular weight is 801 g/mol. The van der Waals surface area contributed by atoms with Gasteiger partial charge in [0.2, 0.25) is 0 Å². The highest BCUT2D eigenvalue weighted by molar-refractivity contribution is 7.92. The van der Waals surface area contributed by atoms with Crippen LogP contribution in [-0.4, -0.2) is 68.6 Å². The number of hydrogen-bond donors (Lipinski definition) is 2. The highest BCUT2D eigenvalue weighted by Gasteiger charge is 2.27. The molecule has 0 radical (unpaired) electrons. The third-order valence-electron chi connectivity index (χ3n) is 8.52. The standard InChI is InChI=1S/C38H34F2N8O8S/c1-21(2)56-37(51)31(13-22-5-10-34(44-16-22)48-36(50)26-11-12-41-19-32(26)47(3)38(48)52)45-35(49)27-14-29(40)30(15-28(27)39)46-57(53,54)25-8-6-23(7-9-25)24-17-42-33(20-55-4)43-18-24/h5-12,14-19,21,31,46H,13,20H2,1-4H3,(H,45,49)/t31-/m0/s1. The number of nitrogens with one attached hydrogen (secondary N) is 2. The molecule has 4 aromatic heterocycles. The minimum Gasteiger partial charge on any atom is -0.461 e. The number of carbonyl (C=O) groups excluding carboxylic acids is 2. The van der Waals surface area contributed by atoms with Gasteiger partial charge in [-0.3, -0.25) is 23.9 Å². The number of anilines is 1. The van der Waals surface area contributed by atoms with Gasteiger partial charge in [0.25, 0.3) is 21.5 Å². The summed E-state index contributed by atoms with van der Waals surface area (Å²) < 4.78 is 71.4. The number of rotatable bonds is 13. The fourth-order valence-electron chi connectivity index (χ4n) is 5.68. The largest absolute Gasteiger partial charge is 0.461 e. The predicted molar refractivity (Wildman–Crippen MR) is 202 cm³/mol. The summed E-state index contributed by atoms with van der Waals surface area (Å²) in [5, 5.41) is 2.58. The monoisotopic (exact) mass is 800 g/mol. The molecule has 1 amide bonds. The van der Waals surface area contributed by atoms with Crippen LogP contribution >= 0.6 is 0 Å². The number of pyridine rings is 2. The average Bonchev–Trinajstić information content (AvgIpc) is 3.19. The number of methoxy groups -OCH3 is 1. The van der Waals surface area contributed by atoms with Gasteiger partial charge >= 0.3 is 11.7 Å². The number of halogens is 2. The van der Waals surface area contributed by atoms with Gasteiger partial charge in [-0.15, -0.1) is 0 Å². The Balaban J connectivity index is 1.18. The second-order valence-corrected chi connectivity index (χ2v) is 14.6. The maximum atomic E-state index is 15.4. The Morgan fingerprint density at radius 2 is 1.61 bits per heavy atom. The van der Waals surface area contributed by atoms with Gasteiger partial charge in [0, 0.05) is 57.0 Å². The maximum absolute atomic E-state index is 15.4. The molecule has 294 valence electrons. The molecule has 1 atom stereocenters. The van der Waals surface area contributed by atoms with Crippen molar-refractivity contribution in [2.24, 2.45) is 7.05 Å². The van der Waals surface area contributed by atoms with Gasteiger partial charge in [-0.1, -0.05) is 18.2 Å². The normalized spacial score (nSPS) is 12.1. The van der Waals surface area contributed by atoms with Gasteiger partial charge < -0.3 is 14.8 Å². The lowest BCUT2D eigenvalue weighted by Gasteiger charge is -2.20. The molecule has 0 unspecified atom stereocenters. The Labute approximate surface area is 323 Å². The topological polar surface area (TPSA) is 206 Å². The van der Waals surface area contributed by atoms with Crippen molar-refractivity contribution in [1.29, 1.82) is 0 Å². The Morgan fingerprint density at radius 3 is 2.26 bits per heavy atom. The quantitative estimate of drug-likeness (QED) is 0.161. The number of amides is 1. The van der Waals surface area contributed by atoms with Gasteiger partial charge in [-0.25, -0.2) is 46.3 Å². The van der Waals surface area contributed by atoms with E-state index in [0.29, 0.717) is 40.2 Å². The molecule has 6 aromatic rings. The Kier molecular flexibility index (Phi) is 11.6. The maximum Gasteiger partial charge on any atom is 0.337 e. The van der Waals surface area contributed by atoms with Crippen molar-refractivity contribution >= 4 is 38.5 Å². The van der Waals surface area contributed by atoms with E-state index in [1.165, 1.54) is 79.8 Å². The van der Waals surface area contributed by atoms with Crippen molar-refractivity contribution in [3.8, 4) is 16.9 Å². The highest BCUT2D eigenvalue weighted by Crippen LogP contribution is 2.25. The number of benzene rings is 2. The van der Waals surface area contributed by atoms with Crippen molar-refractivity contribution in [2.75, 3.05) is 11.8 Å². The molecule has 0 spiro atoms. The lowest BCUT2D eigenvalue weighted by molar-refractivity contribution is -0.149. The molecule has 19 heteroatoms. The van der Waals surface area contributed by atoms with E-state index in [-0.39, 0.29) is 29.1 Å².